The van der Waals surface area contributed by atoms with E-state index in [9.17, 15) is 4.79 Å². The molecule has 2 aromatic rings. The SMILES string of the molecule is CCc1ccc(C(CNC(=O)c2cc(OC)cc(OC)c2)N2CCOCC2)cc1. The van der Waals surface area contributed by atoms with Crippen LogP contribution in [0.2, 0.25) is 0 Å². The molecular weight excluding hydrogens is 368 g/mol. The largest absolute Gasteiger partial charge is 0.497 e. The Bertz CT molecular complexity index is 779. The van der Waals surface area contributed by atoms with Crippen LogP contribution in [-0.2, 0) is 11.2 Å². The zero-order chi connectivity index (χ0) is 20.6. The topological polar surface area (TPSA) is 60.0 Å². The van der Waals surface area contributed by atoms with Crippen LogP contribution in [0.3, 0.4) is 0 Å². The molecule has 1 N–H and O–H groups in total. The number of benzene rings is 2. The molecular formula is C23H30N2O4. The van der Waals surface area contributed by atoms with Crippen molar-refractivity contribution in [3.63, 3.8) is 0 Å². The van der Waals surface area contributed by atoms with Gasteiger partial charge in [0, 0.05) is 31.3 Å². The van der Waals surface area contributed by atoms with Gasteiger partial charge in [-0.15, -0.1) is 0 Å². The van der Waals surface area contributed by atoms with E-state index in [1.54, 1.807) is 32.4 Å². The van der Waals surface area contributed by atoms with Crippen molar-refractivity contribution in [1.29, 1.82) is 0 Å². The third-order valence-electron chi connectivity index (χ3n) is 5.33. The fourth-order valence-electron chi connectivity index (χ4n) is 3.55. The number of carbonyl (C=O) groups excluding carboxylic acids is 1. The van der Waals surface area contributed by atoms with E-state index in [2.05, 4.69) is 41.4 Å². The van der Waals surface area contributed by atoms with Gasteiger partial charge >= 0.3 is 0 Å². The number of hydrogen-bond acceptors (Lipinski definition) is 5. The Morgan fingerprint density at radius 3 is 2.24 bits per heavy atom. The lowest BCUT2D eigenvalue weighted by atomic mass is 10.0. The Morgan fingerprint density at radius 1 is 1.07 bits per heavy atom. The predicted molar refractivity (Wildman–Crippen MR) is 113 cm³/mol. The molecule has 0 aliphatic carbocycles. The van der Waals surface area contributed by atoms with Crippen LogP contribution in [0.15, 0.2) is 42.5 Å². The van der Waals surface area contributed by atoms with Gasteiger partial charge in [-0.1, -0.05) is 31.2 Å². The van der Waals surface area contributed by atoms with Crippen LogP contribution < -0.4 is 14.8 Å². The van der Waals surface area contributed by atoms with Crippen molar-refractivity contribution < 1.29 is 19.0 Å². The molecule has 0 aromatic heterocycles. The normalized spacial score (nSPS) is 15.6. The Labute approximate surface area is 172 Å². The number of aryl methyl sites for hydroxylation is 1. The summed E-state index contributed by atoms with van der Waals surface area (Å²) in [6.45, 7) is 5.79. The van der Waals surface area contributed by atoms with Crippen molar-refractivity contribution in [2.24, 2.45) is 0 Å². The van der Waals surface area contributed by atoms with Gasteiger partial charge in [0.15, 0.2) is 0 Å². The Balaban J connectivity index is 1.76. The van der Waals surface area contributed by atoms with Gasteiger partial charge in [-0.2, -0.15) is 0 Å². The van der Waals surface area contributed by atoms with Crippen LogP contribution in [0.5, 0.6) is 11.5 Å². The van der Waals surface area contributed by atoms with Crippen molar-refractivity contribution in [3.05, 3.63) is 59.2 Å². The molecule has 0 spiro atoms. The van der Waals surface area contributed by atoms with Gasteiger partial charge < -0.3 is 19.5 Å². The zero-order valence-corrected chi connectivity index (χ0v) is 17.4. The summed E-state index contributed by atoms with van der Waals surface area (Å²) in [5.74, 6) is 1.04. The molecule has 0 saturated carbocycles. The highest BCUT2D eigenvalue weighted by atomic mass is 16.5. The monoisotopic (exact) mass is 398 g/mol. The van der Waals surface area contributed by atoms with E-state index in [1.807, 2.05) is 0 Å². The second-order valence-corrected chi connectivity index (χ2v) is 7.07. The minimum Gasteiger partial charge on any atom is -0.497 e. The summed E-state index contributed by atoms with van der Waals surface area (Å²) in [4.78, 5) is 15.2. The number of morpholine rings is 1. The van der Waals surface area contributed by atoms with Crippen LogP contribution in [0.1, 0.15) is 34.5 Å². The van der Waals surface area contributed by atoms with Crippen LogP contribution in [0.25, 0.3) is 0 Å². The summed E-state index contributed by atoms with van der Waals surface area (Å²) >= 11 is 0. The molecule has 6 heteroatoms. The van der Waals surface area contributed by atoms with Crippen molar-refractivity contribution in [1.82, 2.24) is 10.2 Å². The second kappa shape index (κ2) is 10.3. The maximum Gasteiger partial charge on any atom is 0.251 e. The third-order valence-corrected chi connectivity index (χ3v) is 5.33. The molecule has 3 rings (SSSR count). The van der Waals surface area contributed by atoms with Gasteiger partial charge in [-0.3, -0.25) is 9.69 Å². The van der Waals surface area contributed by atoms with Crippen LogP contribution in [0, 0.1) is 0 Å². The molecule has 0 bridgehead atoms. The molecule has 6 nitrogen and oxygen atoms in total. The summed E-state index contributed by atoms with van der Waals surface area (Å²) in [6, 6.07) is 14.0. The molecule has 1 aliphatic rings. The van der Waals surface area contributed by atoms with Gasteiger partial charge in [0.25, 0.3) is 5.91 Å². The van der Waals surface area contributed by atoms with E-state index in [-0.39, 0.29) is 11.9 Å². The first-order valence-corrected chi connectivity index (χ1v) is 10.1. The fourth-order valence-corrected chi connectivity index (χ4v) is 3.55. The van der Waals surface area contributed by atoms with E-state index in [4.69, 9.17) is 14.2 Å². The number of amides is 1. The lowest BCUT2D eigenvalue weighted by Gasteiger charge is -2.35. The molecule has 156 valence electrons. The maximum atomic E-state index is 12.8. The molecule has 0 radical (unpaired) electrons. The molecule has 1 aliphatic heterocycles. The van der Waals surface area contributed by atoms with Gasteiger partial charge in [0.2, 0.25) is 0 Å². The fraction of sp³-hybridized carbons (Fsp3) is 0.435. The summed E-state index contributed by atoms with van der Waals surface area (Å²) in [7, 11) is 3.15. The number of nitrogens with one attached hydrogen (secondary N) is 1. The highest BCUT2D eigenvalue weighted by Crippen LogP contribution is 2.24. The maximum absolute atomic E-state index is 12.8. The van der Waals surface area contributed by atoms with Crippen molar-refractivity contribution in [3.8, 4) is 11.5 Å². The van der Waals surface area contributed by atoms with Crippen molar-refractivity contribution >= 4 is 5.91 Å². The third kappa shape index (κ3) is 5.49. The standard InChI is InChI=1S/C23H30N2O4/c1-4-17-5-7-18(8-6-17)22(25-9-11-29-12-10-25)16-24-23(26)19-13-20(27-2)15-21(14-19)28-3/h5-8,13-15,22H,4,9-12,16H2,1-3H3,(H,24,26). The summed E-state index contributed by atoms with van der Waals surface area (Å²) < 4.78 is 16.1. The Morgan fingerprint density at radius 2 is 1.69 bits per heavy atom. The molecule has 1 unspecified atom stereocenters. The van der Waals surface area contributed by atoms with Gasteiger partial charge in [-0.05, 0) is 29.7 Å². The van der Waals surface area contributed by atoms with E-state index < -0.39 is 0 Å². The summed E-state index contributed by atoms with van der Waals surface area (Å²) in [6.07, 6.45) is 1.01. The van der Waals surface area contributed by atoms with Gasteiger partial charge in [-0.25, -0.2) is 0 Å². The summed E-state index contributed by atoms with van der Waals surface area (Å²) in [5, 5.41) is 3.09. The second-order valence-electron chi connectivity index (χ2n) is 7.07. The zero-order valence-electron chi connectivity index (χ0n) is 17.4. The van der Waals surface area contributed by atoms with Crippen molar-refractivity contribution in [2.75, 3.05) is 47.1 Å². The van der Waals surface area contributed by atoms with Crippen molar-refractivity contribution in [2.45, 2.75) is 19.4 Å². The smallest absolute Gasteiger partial charge is 0.251 e. The molecule has 29 heavy (non-hydrogen) atoms. The molecule has 1 saturated heterocycles. The Kier molecular flexibility index (Phi) is 7.49. The molecule has 1 heterocycles. The number of methoxy groups -OCH3 is 2. The minimum atomic E-state index is -0.148. The number of carbonyl (C=O) groups is 1. The molecule has 1 fully saturated rings. The van der Waals surface area contributed by atoms with Crippen LogP contribution in [0.4, 0.5) is 0 Å². The average Bonchev–Trinajstić information content (AvgIpc) is 2.79. The average molecular weight is 399 g/mol. The molecule has 2 aromatic carbocycles. The first kappa shape index (κ1) is 21.1. The van der Waals surface area contributed by atoms with E-state index in [1.165, 1.54) is 11.1 Å². The number of ether oxygens (including phenoxy) is 3. The molecule has 1 atom stereocenters. The van der Waals surface area contributed by atoms with E-state index in [0.717, 1.165) is 19.5 Å². The Hall–Kier alpha value is -2.57. The number of hydrogen-bond donors (Lipinski definition) is 1. The van der Waals surface area contributed by atoms with E-state index >= 15 is 0 Å². The quantitative estimate of drug-likeness (QED) is 0.741. The van der Waals surface area contributed by atoms with E-state index in [0.29, 0.717) is 36.8 Å². The first-order chi connectivity index (χ1) is 14.1. The lowest BCUT2D eigenvalue weighted by molar-refractivity contribution is 0.0162. The number of rotatable bonds is 8. The highest BCUT2D eigenvalue weighted by molar-refractivity contribution is 5.95. The van der Waals surface area contributed by atoms with Gasteiger partial charge in [0.05, 0.1) is 33.5 Å². The number of nitrogens with zero attached hydrogens (tertiary/aromatic N) is 1. The van der Waals surface area contributed by atoms with Gasteiger partial charge in [0.1, 0.15) is 11.5 Å². The predicted octanol–water partition coefficient (Wildman–Crippen LogP) is 3.07. The summed E-state index contributed by atoms with van der Waals surface area (Å²) in [5.41, 5.74) is 3.03. The van der Waals surface area contributed by atoms with Crippen LogP contribution in [-0.4, -0.2) is 57.9 Å². The minimum absolute atomic E-state index is 0.0984. The molecule has 1 amide bonds. The lowest BCUT2D eigenvalue weighted by Crippen LogP contribution is -2.43. The van der Waals surface area contributed by atoms with Crippen LogP contribution >= 0.6 is 0 Å². The first-order valence-electron chi connectivity index (χ1n) is 10.1. The highest BCUT2D eigenvalue weighted by Gasteiger charge is 2.23.